The summed E-state index contributed by atoms with van der Waals surface area (Å²) < 4.78 is 13.1. The largest absolute Gasteiger partial charge is 0.338 e. The van der Waals surface area contributed by atoms with Gasteiger partial charge in [0.2, 0.25) is 0 Å². The summed E-state index contributed by atoms with van der Waals surface area (Å²) in [5, 5.41) is 2.82. The van der Waals surface area contributed by atoms with Crippen molar-refractivity contribution in [1.82, 2.24) is 9.97 Å². The van der Waals surface area contributed by atoms with Crippen LogP contribution in [0.25, 0.3) is 22.4 Å². The van der Waals surface area contributed by atoms with E-state index in [1.54, 1.807) is 12.1 Å². The number of H-pyrrole nitrogens is 1. The van der Waals surface area contributed by atoms with E-state index in [0.29, 0.717) is 5.69 Å². The Balaban J connectivity index is 1.55. The molecule has 4 rings (SSSR count). The third-order valence-electron chi connectivity index (χ3n) is 3.98. The molecule has 0 unspecified atom stereocenters. The minimum Gasteiger partial charge on any atom is -0.338 e. The first-order chi connectivity index (χ1) is 12.6. The zero-order valence-electron chi connectivity index (χ0n) is 13.5. The Hall–Kier alpha value is -3.18. The Morgan fingerprint density at radius 2 is 1.81 bits per heavy atom. The average molecular weight is 366 g/mol. The van der Waals surface area contributed by atoms with E-state index in [9.17, 15) is 9.18 Å². The summed E-state index contributed by atoms with van der Waals surface area (Å²) in [4.78, 5) is 20.1. The molecule has 3 aromatic carbocycles. The first kappa shape index (κ1) is 16.3. The Labute approximate surface area is 153 Å². The minimum atomic E-state index is -0.485. The van der Waals surface area contributed by atoms with Crippen molar-refractivity contribution >= 4 is 34.2 Å². The number of rotatable bonds is 3. The number of halogens is 2. The number of aromatic nitrogens is 2. The van der Waals surface area contributed by atoms with Crippen molar-refractivity contribution in [2.45, 2.75) is 0 Å². The number of carbonyl (C=O) groups is 1. The van der Waals surface area contributed by atoms with Crippen LogP contribution in [0.5, 0.6) is 0 Å². The van der Waals surface area contributed by atoms with Crippen LogP contribution in [0.15, 0.2) is 66.7 Å². The van der Waals surface area contributed by atoms with Crippen LogP contribution < -0.4 is 5.32 Å². The summed E-state index contributed by atoms with van der Waals surface area (Å²) in [6.07, 6.45) is 0. The van der Waals surface area contributed by atoms with Gasteiger partial charge >= 0.3 is 0 Å². The number of anilines is 1. The van der Waals surface area contributed by atoms with Crippen LogP contribution >= 0.6 is 11.6 Å². The third-order valence-corrected chi connectivity index (χ3v) is 4.29. The van der Waals surface area contributed by atoms with Gasteiger partial charge in [-0.05, 0) is 54.6 Å². The summed E-state index contributed by atoms with van der Waals surface area (Å²) in [6, 6.07) is 18.7. The molecule has 4 nitrogen and oxygen atoms in total. The SMILES string of the molecule is O=C(Nc1ccc(-c2nc3ccccc3[nH]2)cc1)c1ccc(F)cc1Cl. The predicted octanol–water partition coefficient (Wildman–Crippen LogP) is 5.27. The number of amides is 1. The zero-order chi connectivity index (χ0) is 18.1. The maximum Gasteiger partial charge on any atom is 0.257 e. The number of nitrogens with zero attached hydrogens (tertiary/aromatic N) is 1. The van der Waals surface area contributed by atoms with Crippen LogP contribution in [-0.4, -0.2) is 15.9 Å². The van der Waals surface area contributed by atoms with E-state index in [1.807, 2.05) is 36.4 Å². The van der Waals surface area contributed by atoms with Gasteiger partial charge in [-0.15, -0.1) is 0 Å². The second-order valence-corrected chi connectivity index (χ2v) is 6.17. The number of nitrogens with one attached hydrogen (secondary N) is 2. The van der Waals surface area contributed by atoms with Crippen LogP contribution in [0.2, 0.25) is 5.02 Å². The molecule has 1 heterocycles. The van der Waals surface area contributed by atoms with Gasteiger partial charge < -0.3 is 10.3 Å². The van der Waals surface area contributed by atoms with Crippen molar-refractivity contribution in [2.24, 2.45) is 0 Å². The lowest BCUT2D eigenvalue weighted by atomic mass is 10.1. The van der Waals surface area contributed by atoms with Gasteiger partial charge in [0, 0.05) is 11.3 Å². The number of aromatic amines is 1. The quantitative estimate of drug-likeness (QED) is 0.519. The fourth-order valence-electron chi connectivity index (χ4n) is 2.67. The van der Waals surface area contributed by atoms with Gasteiger partial charge in [0.05, 0.1) is 21.6 Å². The van der Waals surface area contributed by atoms with Crippen molar-refractivity contribution in [2.75, 3.05) is 5.32 Å². The fraction of sp³-hybridized carbons (Fsp3) is 0. The third kappa shape index (κ3) is 3.17. The summed E-state index contributed by atoms with van der Waals surface area (Å²) in [5.41, 5.74) is 3.58. The summed E-state index contributed by atoms with van der Waals surface area (Å²) >= 11 is 5.92. The van der Waals surface area contributed by atoms with Crippen molar-refractivity contribution in [1.29, 1.82) is 0 Å². The standard InChI is InChI=1S/C20H13ClFN3O/c21-16-11-13(22)7-10-15(16)20(26)23-14-8-5-12(6-9-14)19-24-17-3-1-2-4-18(17)25-19/h1-11H,(H,23,26)(H,24,25). The molecular weight excluding hydrogens is 353 g/mol. The number of para-hydroxylation sites is 2. The molecule has 6 heteroatoms. The second-order valence-electron chi connectivity index (χ2n) is 5.76. The molecule has 0 bridgehead atoms. The van der Waals surface area contributed by atoms with Crippen LogP contribution in [0.1, 0.15) is 10.4 Å². The van der Waals surface area contributed by atoms with Gasteiger partial charge in [-0.2, -0.15) is 0 Å². The normalized spacial score (nSPS) is 10.8. The molecule has 2 N–H and O–H groups in total. The first-order valence-corrected chi connectivity index (χ1v) is 8.29. The van der Waals surface area contributed by atoms with Gasteiger partial charge in [-0.25, -0.2) is 9.37 Å². The Morgan fingerprint density at radius 3 is 2.54 bits per heavy atom. The van der Waals surface area contributed by atoms with E-state index >= 15 is 0 Å². The van der Waals surface area contributed by atoms with Crippen LogP contribution in [0.4, 0.5) is 10.1 Å². The lowest BCUT2D eigenvalue weighted by molar-refractivity contribution is 0.102. The van der Waals surface area contributed by atoms with E-state index in [4.69, 9.17) is 11.6 Å². The topological polar surface area (TPSA) is 57.8 Å². The number of imidazole rings is 1. The van der Waals surface area contributed by atoms with Gasteiger partial charge in [0.1, 0.15) is 11.6 Å². The molecule has 0 aliphatic rings. The van der Waals surface area contributed by atoms with Crippen molar-refractivity contribution < 1.29 is 9.18 Å². The highest BCUT2D eigenvalue weighted by Crippen LogP contribution is 2.23. The smallest absolute Gasteiger partial charge is 0.257 e. The molecule has 0 fully saturated rings. The maximum atomic E-state index is 13.1. The van der Waals surface area contributed by atoms with Gasteiger partial charge in [-0.3, -0.25) is 4.79 Å². The molecule has 0 saturated carbocycles. The van der Waals surface area contributed by atoms with Gasteiger partial charge in [0.15, 0.2) is 0 Å². The maximum absolute atomic E-state index is 13.1. The Bertz CT molecular complexity index is 1070. The molecule has 1 aromatic heterocycles. The summed E-state index contributed by atoms with van der Waals surface area (Å²) in [6.45, 7) is 0. The number of hydrogen-bond donors (Lipinski definition) is 2. The summed E-state index contributed by atoms with van der Waals surface area (Å²) in [7, 11) is 0. The van der Waals surface area contributed by atoms with Gasteiger partial charge in [-0.1, -0.05) is 23.7 Å². The Morgan fingerprint density at radius 1 is 1.04 bits per heavy atom. The summed E-state index contributed by atoms with van der Waals surface area (Å²) in [5.74, 6) is -0.126. The van der Waals surface area contributed by atoms with Crippen molar-refractivity contribution in [3.8, 4) is 11.4 Å². The minimum absolute atomic E-state index is 0.0707. The molecule has 0 radical (unpaired) electrons. The molecule has 128 valence electrons. The van der Waals surface area contributed by atoms with Crippen molar-refractivity contribution in [3.63, 3.8) is 0 Å². The van der Waals surface area contributed by atoms with Crippen LogP contribution in [0, 0.1) is 5.82 Å². The fourth-order valence-corrected chi connectivity index (χ4v) is 2.93. The monoisotopic (exact) mass is 365 g/mol. The first-order valence-electron chi connectivity index (χ1n) is 7.92. The highest BCUT2D eigenvalue weighted by Gasteiger charge is 2.12. The van der Waals surface area contributed by atoms with E-state index < -0.39 is 11.7 Å². The van der Waals surface area contributed by atoms with E-state index in [0.717, 1.165) is 28.5 Å². The van der Waals surface area contributed by atoms with E-state index in [2.05, 4.69) is 15.3 Å². The molecule has 0 aliphatic heterocycles. The number of carbonyl (C=O) groups excluding carboxylic acids is 1. The lowest BCUT2D eigenvalue weighted by Gasteiger charge is -2.07. The molecule has 0 aliphatic carbocycles. The van der Waals surface area contributed by atoms with Crippen molar-refractivity contribution in [3.05, 3.63) is 83.1 Å². The molecule has 0 atom stereocenters. The van der Waals surface area contributed by atoms with Crippen LogP contribution in [0.3, 0.4) is 0 Å². The Kier molecular flexibility index (Phi) is 4.14. The molecule has 0 saturated heterocycles. The zero-order valence-corrected chi connectivity index (χ0v) is 14.2. The van der Waals surface area contributed by atoms with Crippen LogP contribution in [-0.2, 0) is 0 Å². The predicted molar refractivity (Wildman–Crippen MR) is 101 cm³/mol. The molecule has 26 heavy (non-hydrogen) atoms. The highest BCUT2D eigenvalue weighted by atomic mass is 35.5. The number of hydrogen-bond acceptors (Lipinski definition) is 2. The average Bonchev–Trinajstić information content (AvgIpc) is 3.06. The molecule has 0 spiro atoms. The van der Waals surface area contributed by atoms with E-state index in [-0.39, 0.29) is 10.6 Å². The highest BCUT2D eigenvalue weighted by molar-refractivity contribution is 6.34. The second kappa shape index (κ2) is 6.61. The molecular formula is C20H13ClFN3O. The van der Waals surface area contributed by atoms with Gasteiger partial charge in [0.25, 0.3) is 5.91 Å². The molecule has 4 aromatic rings. The number of fused-ring (bicyclic) bond motifs is 1. The van der Waals surface area contributed by atoms with E-state index in [1.165, 1.54) is 12.1 Å². The number of benzene rings is 3. The molecule has 1 amide bonds. The lowest BCUT2D eigenvalue weighted by Crippen LogP contribution is -2.12.